The molecule has 0 aliphatic carbocycles. The summed E-state index contributed by atoms with van der Waals surface area (Å²) in [5, 5.41) is 14.7. The van der Waals surface area contributed by atoms with Gasteiger partial charge in [-0.25, -0.2) is 0 Å². The number of halogens is 3. The SMILES string of the molecule is CC(C)[C@](C)(C#N)NC(=O)CN[C@@H](C)c1cccc(C(F)(F)F)c1. The number of carbonyl (C=O) groups excluding carboxylic acids is 1. The summed E-state index contributed by atoms with van der Waals surface area (Å²) in [5.74, 6) is -0.459. The first-order valence-electron chi connectivity index (χ1n) is 7.62. The van der Waals surface area contributed by atoms with E-state index < -0.39 is 23.3 Å². The molecule has 0 saturated carbocycles. The molecule has 4 nitrogen and oxygen atoms in total. The van der Waals surface area contributed by atoms with Crippen LogP contribution in [-0.4, -0.2) is 18.0 Å². The number of benzene rings is 1. The van der Waals surface area contributed by atoms with Crippen LogP contribution in [0.1, 0.15) is 44.9 Å². The van der Waals surface area contributed by atoms with E-state index in [0.29, 0.717) is 5.56 Å². The number of alkyl halides is 3. The molecule has 24 heavy (non-hydrogen) atoms. The first kappa shape index (κ1) is 20.0. The van der Waals surface area contributed by atoms with Gasteiger partial charge in [-0.3, -0.25) is 4.79 Å². The molecule has 0 saturated heterocycles. The maximum absolute atomic E-state index is 12.7. The molecule has 1 aromatic carbocycles. The topological polar surface area (TPSA) is 64.9 Å². The Morgan fingerprint density at radius 1 is 1.29 bits per heavy atom. The van der Waals surface area contributed by atoms with E-state index >= 15 is 0 Å². The number of carbonyl (C=O) groups is 1. The first-order valence-corrected chi connectivity index (χ1v) is 7.62. The normalized spacial score (nSPS) is 15.5. The standard InChI is InChI=1S/C17H22F3N3O/c1-11(2)16(4,10-21)23-15(24)9-22-12(3)13-6-5-7-14(8-13)17(18,19)20/h5-8,11-12,22H,9H2,1-4H3,(H,23,24)/t12-,16-/m0/s1. The third-order valence-corrected chi connectivity index (χ3v) is 4.07. The molecule has 0 bridgehead atoms. The average molecular weight is 341 g/mol. The maximum Gasteiger partial charge on any atom is 0.416 e. The van der Waals surface area contributed by atoms with Crippen molar-refractivity contribution in [2.75, 3.05) is 6.54 Å². The minimum absolute atomic E-state index is 0.0765. The molecule has 2 N–H and O–H groups in total. The number of amides is 1. The van der Waals surface area contributed by atoms with Gasteiger partial charge in [0.2, 0.25) is 5.91 Å². The Bertz CT molecular complexity index is 622. The van der Waals surface area contributed by atoms with E-state index in [1.807, 2.05) is 13.8 Å². The molecule has 0 aromatic heterocycles. The van der Waals surface area contributed by atoms with Crippen LogP contribution >= 0.6 is 0 Å². The molecule has 0 aliphatic heterocycles. The van der Waals surface area contributed by atoms with Crippen molar-refractivity contribution in [1.29, 1.82) is 5.26 Å². The Balaban J connectivity index is 2.68. The van der Waals surface area contributed by atoms with Crippen LogP contribution in [0.15, 0.2) is 24.3 Å². The molecule has 0 fully saturated rings. The van der Waals surface area contributed by atoms with Gasteiger partial charge in [-0.2, -0.15) is 18.4 Å². The lowest BCUT2D eigenvalue weighted by Gasteiger charge is -2.27. The van der Waals surface area contributed by atoms with Crippen LogP contribution in [0.5, 0.6) is 0 Å². The van der Waals surface area contributed by atoms with Crippen LogP contribution in [0.4, 0.5) is 13.2 Å². The van der Waals surface area contributed by atoms with Crippen LogP contribution < -0.4 is 10.6 Å². The molecule has 1 aromatic rings. The lowest BCUT2D eigenvalue weighted by Crippen LogP contribution is -2.51. The van der Waals surface area contributed by atoms with E-state index in [-0.39, 0.29) is 18.4 Å². The number of nitriles is 1. The lowest BCUT2D eigenvalue weighted by atomic mass is 9.90. The molecule has 1 rings (SSSR count). The lowest BCUT2D eigenvalue weighted by molar-refractivity contribution is -0.137. The van der Waals surface area contributed by atoms with Gasteiger partial charge < -0.3 is 10.6 Å². The van der Waals surface area contributed by atoms with E-state index in [0.717, 1.165) is 12.1 Å². The van der Waals surface area contributed by atoms with Crippen molar-refractivity contribution >= 4 is 5.91 Å². The highest BCUT2D eigenvalue weighted by atomic mass is 19.4. The van der Waals surface area contributed by atoms with Gasteiger partial charge in [0, 0.05) is 6.04 Å². The summed E-state index contributed by atoms with van der Waals surface area (Å²) in [4.78, 5) is 12.0. The summed E-state index contributed by atoms with van der Waals surface area (Å²) in [6.07, 6.45) is -4.40. The molecule has 0 spiro atoms. The number of nitrogens with zero attached hydrogens (tertiary/aromatic N) is 1. The Hall–Kier alpha value is -2.07. The second-order valence-corrected chi connectivity index (χ2v) is 6.24. The summed E-state index contributed by atoms with van der Waals surface area (Å²) in [5.41, 5.74) is -1.28. The summed E-state index contributed by atoms with van der Waals surface area (Å²) in [6, 6.07) is 6.59. The van der Waals surface area contributed by atoms with E-state index in [9.17, 15) is 23.2 Å². The summed E-state index contributed by atoms with van der Waals surface area (Å²) in [7, 11) is 0. The van der Waals surface area contributed by atoms with Gasteiger partial charge in [0.1, 0.15) is 5.54 Å². The van der Waals surface area contributed by atoms with E-state index in [1.165, 1.54) is 6.07 Å². The fourth-order valence-corrected chi connectivity index (χ4v) is 1.98. The third kappa shape index (κ3) is 5.24. The molecular weight excluding hydrogens is 319 g/mol. The number of rotatable bonds is 6. The smallest absolute Gasteiger partial charge is 0.337 e. The van der Waals surface area contributed by atoms with Gasteiger partial charge in [0.25, 0.3) is 0 Å². The fourth-order valence-electron chi connectivity index (χ4n) is 1.98. The predicted octanol–water partition coefficient (Wildman–Crippen LogP) is 3.41. The van der Waals surface area contributed by atoms with Gasteiger partial charge in [-0.15, -0.1) is 0 Å². The Morgan fingerprint density at radius 2 is 1.92 bits per heavy atom. The van der Waals surface area contributed by atoms with Crippen LogP contribution in [0.2, 0.25) is 0 Å². The van der Waals surface area contributed by atoms with E-state index in [1.54, 1.807) is 19.9 Å². The van der Waals surface area contributed by atoms with E-state index in [4.69, 9.17) is 0 Å². The van der Waals surface area contributed by atoms with Crippen LogP contribution in [0.3, 0.4) is 0 Å². The van der Waals surface area contributed by atoms with Gasteiger partial charge in [-0.1, -0.05) is 26.0 Å². The number of nitrogens with one attached hydrogen (secondary N) is 2. The second kappa shape index (κ2) is 7.67. The molecule has 132 valence electrons. The van der Waals surface area contributed by atoms with Crippen molar-refractivity contribution in [3.8, 4) is 6.07 Å². The summed E-state index contributed by atoms with van der Waals surface area (Å²) < 4.78 is 38.2. The molecular formula is C17H22F3N3O. The van der Waals surface area contributed by atoms with Crippen molar-refractivity contribution in [2.45, 2.75) is 45.5 Å². The first-order chi connectivity index (χ1) is 11.0. The largest absolute Gasteiger partial charge is 0.416 e. The molecule has 0 aliphatic rings. The number of hydrogen-bond donors (Lipinski definition) is 2. The van der Waals surface area contributed by atoms with Crippen molar-refractivity contribution in [3.05, 3.63) is 35.4 Å². The zero-order valence-corrected chi connectivity index (χ0v) is 14.2. The maximum atomic E-state index is 12.7. The zero-order chi connectivity index (χ0) is 18.5. The highest BCUT2D eigenvalue weighted by molar-refractivity contribution is 5.79. The minimum atomic E-state index is -4.40. The third-order valence-electron chi connectivity index (χ3n) is 4.07. The monoisotopic (exact) mass is 341 g/mol. The highest BCUT2D eigenvalue weighted by Gasteiger charge is 2.31. The van der Waals surface area contributed by atoms with Crippen molar-refractivity contribution < 1.29 is 18.0 Å². The molecule has 0 radical (unpaired) electrons. The molecule has 1 amide bonds. The predicted molar refractivity (Wildman–Crippen MR) is 84.9 cm³/mol. The summed E-state index contributed by atoms with van der Waals surface area (Å²) >= 11 is 0. The van der Waals surface area contributed by atoms with Gasteiger partial charge in [0.05, 0.1) is 18.2 Å². The molecule has 2 atom stereocenters. The summed E-state index contributed by atoms with van der Waals surface area (Å²) in [6.45, 7) is 6.85. The second-order valence-electron chi connectivity index (χ2n) is 6.24. The fraction of sp³-hybridized carbons (Fsp3) is 0.529. The van der Waals surface area contributed by atoms with Gasteiger partial charge in [-0.05, 0) is 37.5 Å². The molecule has 7 heteroatoms. The van der Waals surface area contributed by atoms with Crippen molar-refractivity contribution in [3.63, 3.8) is 0 Å². The van der Waals surface area contributed by atoms with E-state index in [2.05, 4.69) is 16.7 Å². The Morgan fingerprint density at radius 3 is 2.42 bits per heavy atom. The minimum Gasteiger partial charge on any atom is -0.337 e. The highest BCUT2D eigenvalue weighted by Crippen LogP contribution is 2.30. The quantitative estimate of drug-likeness (QED) is 0.833. The zero-order valence-electron chi connectivity index (χ0n) is 14.2. The Kier molecular flexibility index (Phi) is 6.38. The van der Waals surface area contributed by atoms with Crippen LogP contribution in [0, 0.1) is 17.2 Å². The average Bonchev–Trinajstić information content (AvgIpc) is 2.51. The van der Waals surface area contributed by atoms with Crippen molar-refractivity contribution in [1.82, 2.24) is 10.6 Å². The van der Waals surface area contributed by atoms with Gasteiger partial charge in [0.15, 0.2) is 0 Å². The molecule has 0 heterocycles. The van der Waals surface area contributed by atoms with Crippen LogP contribution in [-0.2, 0) is 11.0 Å². The Labute approximate surface area is 140 Å². The van der Waals surface area contributed by atoms with Gasteiger partial charge >= 0.3 is 6.18 Å². The van der Waals surface area contributed by atoms with Crippen LogP contribution in [0.25, 0.3) is 0 Å². The van der Waals surface area contributed by atoms with Crippen molar-refractivity contribution in [2.24, 2.45) is 5.92 Å². The molecule has 0 unspecified atom stereocenters. The number of hydrogen-bond acceptors (Lipinski definition) is 3.